The normalized spacial score (nSPS) is 10.6. The molecule has 7 nitrogen and oxygen atoms in total. The minimum Gasteiger partial charge on any atom is -0.321 e. The molecule has 2 aromatic heterocycles. The van der Waals surface area contributed by atoms with Gasteiger partial charge in [-0.15, -0.1) is 11.3 Å². The number of carbonyl (C=O) groups is 1. The third kappa shape index (κ3) is 3.04. The third-order valence-corrected chi connectivity index (χ3v) is 4.53. The third-order valence-electron chi connectivity index (χ3n) is 3.49. The standard InChI is InChI=1S/C16H14N4O3S/c1-10-6-7-17-19(10)13-5-3-4-12(8-13)18-16(21)15-9-14(20(22)23)11(2)24-15/h3-9H,1-2H3,(H,18,21). The highest BCUT2D eigenvalue weighted by Crippen LogP contribution is 2.28. The van der Waals surface area contributed by atoms with Gasteiger partial charge < -0.3 is 5.32 Å². The number of thiophene rings is 1. The highest BCUT2D eigenvalue weighted by atomic mass is 32.1. The highest BCUT2D eigenvalue weighted by molar-refractivity contribution is 7.14. The van der Waals surface area contributed by atoms with Crippen molar-refractivity contribution in [3.05, 3.63) is 68.2 Å². The summed E-state index contributed by atoms with van der Waals surface area (Å²) < 4.78 is 1.76. The molecule has 1 N–H and O–H groups in total. The van der Waals surface area contributed by atoms with E-state index in [2.05, 4.69) is 10.4 Å². The first kappa shape index (κ1) is 15.9. The summed E-state index contributed by atoms with van der Waals surface area (Å²) >= 11 is 1.10. The first-order valence-corrected chi connectivity index (χ1v) is 7.94. The van der Waals surface area contributed by atoms with Gasteiger partial charge in [-0.05, 0) is 38.1 Å². The summed E-state index contributed by atoms with van der Waals surface area (Å²) in [7, 11) is 0. The number of hydrogen-bond acceptors (Lipinski definition) is 5. The number of nitrogens with one attached hydrogen (secondary N) is 1. The zero-order chi connectivity index (χ0) is 17.3. The molecule has 0 aliphatic rings. The molecule has 0 aliphatic heterocycles. The smallest absolute Gasteiger partial charge is 0.283 e. The number of rotatable bonds is 4. The minimum atomic E-state index is -0.482. The number of nitrogens with zero attached hydrogens (tertiary/aromatic N) is 3. The zero-order valence-corrected chi connectivity index (χ0v) is 13.8. The van der Waals surface area contributed by atoms with E-state index in [-0.39, 0.29) is 11.6 Å². The van der Waals surface area contributed by atoms with Crippen LogP contribution in [0.1, 0.15) is 20.2 Å². The second-order valence-corrected chi connectivity index (χ2v) is 6.45. The van der Waals surface area contributed by atoms with Crippen molar-refractivity contribution in [3.63, 3.8) is 0 Å². The summed E-state index contributed by atoms with van der Waals surface area (Å²) in [6.07, 6.45) is 1.70. The Labute approximate surface area is 141 Å². The number of carbonyl (C=O) groups excluding carboxylic acids is 1. The van der Waals surface area contributed by atoms with Gasteiger partial charge in [0.1, 0.15) is 0 Å². The van der Waals surface area contributed by atoms with E-state index in [0.29, 0.717) is 15.4 Å². The molecule has 24 heavy (non-hydrogen) atoms. The Kier molecular flexibility index (Phi) is 4.13. The summed E-state index contributed by atoms with van der Waals surface area (Å²) in [5.74, 6) is -0.370. The number of nitro groups is 1. The SMILES string of the molecule is Cc1sc(C(=O)Nc2cccc(-n3nccc3C)c2)cc1[N+](=O)[O-]. The lowest BCUT2D eigenvalue weighted by atomic mass is 10.2. The number of amides is 1. The molecule has 8 heteroatoms. The van der Waals surface area contributed by atoms with E-state index in [1.165, 1.54) is 6.07 Å². The molecule has 1 amide bonds. The van der Waals surface area contributed by atoms with Gasteiger partial charge in [0, 0.05) is 23.6 Å². The fraction of sp³-hybridized carbons (Fsp3) is 0.125. The van der Waals surface area contributed by atoms with Crippen molar-refractivity contribution in [2.45, 2.75) is 13.8 Å². The van der Waals surface area contributed by atoms with Crippen molar-refractivity contribution < 1.29 is 9.72 Å². The molecule has 0 atom stereocenters. The number of aryl methyl sites for hydroxylation is 2. The van der Waals surface area contributed by atoms with Crippen LogP contribution in [0.4, 0.5) is 11.4 Å². The maximum absolute atomic E-state index is 12.3. The highest BCUT2D eigenvalue weighted by Gasteiger charge is 2.19. The largest absolute Gasteiger partial charge is 0.321 e. The van der Waals surface area contributed by atoms with Crippen molar-refractivity contribution in [2.24, 2.45) is 0 Å². The van der Waals surface area contributed by atoms with Gasteiger partial charge >= 0.3 is 0 Å². The molecular weight excluding hydrogens is 328 g/mol. The van der Waals surface area contributed by atoms with Gasteiger partial charge in [-0.25, -0.2) is 4.68 Å². The Balaban J connectivity index is 1.84. The molecular formula is C16H14N4O3S. The van der Waals surface area contributed by atoms with Crippen LogP contribution in [0.25, 0.3) is 5.69 Å². The van der Waals surface area contributed by atoms with Crippen LogP contribution in [0.3, 0.4) is 0 Å². The van der Waals surface area contributed by atoms with Crippen LogP contribution in [0, 0.1) is 24.0 Å². The average molecular weight is 342 g/mol. The van der Waals surface area contributed by atoms with Crippen LogP contribution in [0.15, 0.2) is 42.6 Å². The van der Waals surface area contributed by atoms with Crippen molar-refractivity contribution >= 4 is 28.6 Å². The van der Waals surface area contributed by atoms with Gasteiger partial charge in [-0.2, -0.15) is 5.10 Å². The Morgan fingerprint density at radius 2 is 2.08 bits per heavy atom. The van der Waals surface area contributed by atoms with E-state index in [1.807, 2.05) is 25.1 Å². The fourth-order valence-electron chi connectivity index (χ4n) is 2.31. The Hall–Kier alpha value is -3.00. The Morgan fingerprint density at radius 3 is 2.71 bits per heavy atom. The molecule has 3 aromatic rings. The predicted molar refractivity (Wildman–Crippen MR) is 92.0 cm³/mol. The Bertz CT molecular complexity index is 929. The fourth-order valence-corrected chi connectivity index (χ4v) is 3.20. The molecule has 0 radical (unpaired) electrons. The molecule has 122 valence electrons. The Morgan fingerprint density at radius 1 is 1.29 bits per heavy atom. The molecule has 0 unspecified atom stereocenters. The number of hydrogen-bond donors (Lipinski definition) is 1. The van der Waals surface area contributed by atoms with E-state index in [1.54, 1.807) is 29.9 Å². The summed E-state index contributed by atoms with van der Waals surface area (Å²) in [5, 5.41) is 17.9. The lowest BCUT2D eigenvalue weighted by molar-refractivity contribution is -0.385. The van der Waals surface area contributed by atoms with E-state index < -0.39 is 4.92 Å². The van der Waals surface area contributed by atoms with Crippen LogP contribution in [0.2, 0.25) is 0 Å². The number of anilines is 1. The maximum Gasteiger partial charge on any atom is 0.283 e. The number of aromatic nitrogens is 2. The van der Waals surface area contributed by atoms with Crippen LogP contribution >= 0.6 is 11.3 Å². The van der Waals surface area contributed by atoms with E-state index in [4.69, 9.17) is 0 Å². The average Bonchev–Trinajstić information content (AvgIpc) is 3.13. The molecule has 2 heterocycles. The van der Waals surface area contributed by atoms with Gasteiger partial charge in [0.25, 0.3) is 11.6 Å². The molecule has 0 bridgehead atoms. The lowest BCUT2D eigenvalue weighted by Gasteiger charge is -2.08. The molecule has 1 aromatic carbocycles. The summed E-state index contributed by atoms with van der Waals surface area (Å²) in [6, 6.07) is 10.4. The molecule has 0 spiro atoms. The van der Waals surface area contributed by atoms with Crippen molar-refractivity contribution in [1.29, 1.82) is 0 Å². The van der Waals surface area contributed by atoms with E-state index in [9.17, 15) is 14.9 Å². The van der Waals surface area contributed by atoms with Crippen molar-refractivity contribution in [2.75, 3.05) is 5.32 Å². The van der Waals surface area contributed by atoms with Gasteiger partial charge in [-0.1, -0.05) is 6.07 Å². The predicted octanol–water partition coefficient (Wildman–Crippen LogP) is 3.71. The maximum atomic E-state index is 12.3. The molecule has 0 saturated heterocycles. The minimum absolute atomic E-state index is 0.0360. The van der Waals surface area contributed by atoms with Crippen LogP contribution < -0.4 is 5.32 Å². The van der Waals surface area contributed by atoms with E-state index in [0.717, 1.165) is 22.7 Å². The first-order valence-electron chi connectivity index (χ1n) is 7.13. The monoisotopic (exact) mass is 342 g/mol. The van der Waals surface area contributed by atoms with Crippen molar-refractivity contribution in [1.82, 2.24) is 9.78 Å². The molecule has 0 fully saturated rings. The van der Waals surface area contributed by atoms with Crippen molar-refractivity contribution in [3.8, 4) is 5.69 Å². The van der Waals surface area contributed by atoms with E-state index >= 15 is 0 Å². The van der Waals surface area contributed by atoms with Gasteiger partial charge in [0.15, 0.2) is 0 Å². The molecule has 0 aliphatic carbocycles. The van der Waals surface area contributed by atoms with Gasteiger partial charge in [-0.3, -0.25) is 14.9 Å². The molecule has 0 saturated carbocycles. The molecule has 3 rings (SSSR count). The topological polar surface area (TPSA) is 90.1 Å². The first-order chi connectivity index (χ1) is 11.5. The lowest BCUT2D eigenvalue weighted by Crippen LogP contribution is -2.10. The summed E-state index contributed by atoms with van der Waals surface area (Å²) in [5.41, 5.74) is 2.36. The zero-order valence-electron chi connectivity index (χ0n) is 13.0. The summed E-state index contributed by atoms with van der Waals surface area (Å²) in [4.78, 5) is 23.5. The van der Waals surface area contributed by atoms with Crippen LogP contribution in [-0.2, 0) is 0 Å². The second-order valence-electron chi connectivity index (χ2n) is 5.20. The number of benzene rings is 1. The second kappa shape index (κ2) is 6.25. The van der Waals surface area contributed by atoms with Gasteiger partial charge in [0.05, 0.1) is 20.4 Å². The van der Waals surface area contributed by atoms with Crippen LogP contribution in [-0.4, -0.2) is 20.6 Å². The van der Waals surface area contributed by atoms with Gasteiger partial charge in [0.2, 0.25) is 0 Å². The van der Waals surface area contributed by atoms with Crippen LogP contribution in [0.5, 0.6) is 0 Å². The summed E-state index contributed by atoms with van der Waals surface area (Å²) in [6.45, 7) is 3.56. The quantitative estimate of drug-likeness (QED) is 0.578.